The number of aliphatic hydroxyl groups is 1. The van der Waals surface area contributed by atoms with Crippen LogP contribution in [0.2, 0.25) is 5.02 Å². The Morgan fingerprint density at radius 3 is 2.49 bits per heavy atom. The Labute approximate surface area is 210 Å². The Bertz CT molecular complexity index is 979. The molecule has 6 rings (SSSR count). The highest BCUT2D eigenvalue weighted by molar-refractivity contribution is 6.30. The van der Waals surface area contributed by atoms with Gasteiger partial charge in [-0.05, 0) is 88.8 Å². The molecule has 1 heterocycles. The van der Waals surface area contributed by atoms with Crippen molar-refractivity contribution in [3.63, 3.8) is 0 Å². The van der Waals surface area contributed by atoms with Crippen molar-refractivity contribution in [2.24, 2.45) is 11.8 Å². The predicted octanol–water partition coefficient (Wildman–Crippen LogP) is 3.03. The van der Waals surface area contributed by atoms with Gasteiger partial charge >= 0.3 is 0 Å². The van der Waals surface area contributed by atoms with E-state index in [0.717, 1.165) is 37.3 Å². The number of hydrogen-bond donors (Lipinski definition) is 3. The first kappa shape index (κ1) is 24.8. The van der Waals surface area contributed by atoms with Gasteiger partial charge in [0.1, 0.15) is 11.6 Å². The number of carbonyl (C=O) groups is 2. The monoisotopic (exact) mass is 507 g/mol. The molecule has 1 aromatic carbocycles. The lowest BCUT2D eigenvalue weighted by molar-refractivity contribution is -0.139. The van der Waals surface area contributed by atoms with Crippen LogP contribution in [0.15, 0.2) is 18.2 Å². The molecular formula is C26H35ClFN3O4. The number of rotatable bonds is 7. The zero-order valence-electron chi connectivity index (χ0n) is 20.2. The summed E-state index contributed by atoms with van der Waals surface area (Å²) in [5.41, 5.74) is -1.15. The van der Waals surface area contributed by atoms with Gasteiger partial charge in [0.05, 0.1) is 22.7 Å². The van der Waals surface area contributed by atoms with Crippen LogP contribution in [0.5, 0.6) is 5.75 Å². The van der Waals surface area contributed by atoms with E-state index in [1.54, 1.807) is 0 Å². The number of likely N-dealkylation sites (N-methyl/N-ethyl adjacent to an activating group) is 1. The average Bonchev–Trinajstić information content (AvgIpc) is 3.66. The maximum Gasteiger partial charge on any atom is 0.258 e. The highest BCUT2D eigenvalue weighted by Gasteiger charge is 2.55. The minimum atomic E-state index is -0.759. The van der Waals surface area contributed by atoms with Crippen LogP contribution in [0.3, 0.4) is 0 Å². The van der Waals surface area contributed by atoms with Crippen molar-refractivity contribution in [1.29, 1.82) is 0 Å². The summed E-state index contributed by atoms with van der Waals surface area (Å²) in [6.45, 7) is 0.700. The van der Waals surface area contributed by atoms with Gasteiger partial charge in [-0.3, -0.25) is 14.5 Å². The van der Waals surface area contributed by atoms with Crippen molar-refractivity contribution in [2.75, 3.05) is 20.2 Å². The summed E-state index contributed by atoms with van der Waals surface area (Å²) in [7, 11) is 2.05. The summed E-state index contributed by atoms with van der Waals surface area (Å²) >= 11 is 5.68. The predicted molar refractivity (Wildman–Crippen MR) is 130 cm³/mol. The standard InChI is InChI=1S/C26H35ClFN3O4/c1-31-14-17(16-2-3-16)4-7-21(31)24(34)30-25-8-10-26(11-9-25,22(32)13-25)29-23(33)15-35-18-5-6-19(27)20(28)12-18/h5-6,12,16-17,21-22,32H,2-4,7-11,13-15H2,1H3,(H,29,33)(H,30,34). The van der Waals surface area contributed by atoms with E-state index in [9.17, 15) is 19.1 Å². The molecule has 0 radical (unpaired) electrons. The topological polar surface area (TPSA) is 90.9 Å². The van der Waals surface area contributed by atoms with E-state index in [2.05, 4.69) is 15.5 Å². The van der Waals surface area contributed by atoms with Gasteiger partial charge in [0.25, 0.3) is 5.91 Å². The average molecular weight is 508 g/mol. The molecule has 9 heteroatoms. The molecule has 3 atom stereocenters. The van der Waals surface area contributed by atoms with Gasteiger partial charge in [-0.15, -0.1) is 0 Å². The van der Waals surface area contributed by atoms with E-state index in [1.165, 1.54) is 25.0 Å². The van der Waals surface area contributed by atoms with Crippen LogP contribution in [0, 0.1) is 17.7 Å². The van der Waals surface area contributed by atoms with Gasteiger partial charge in [-0.1, -0.05) is 11.6 Å². The Kier molecular flexibility index (Phi) is 6.74. The first-order valence-electron chi connectivity index (χ1n) is 12.8. The first-order chi connectivity index (χ1) is 16.7. The second kappa shape index (κ2) is 9.52. The second-order valence-corrected chi connectivity index (χ2v) is 11.6. The third kappa shape index (κ3) is 5.16. The zero-order valence-corrected chi connectivity index (χ0v) is 21.0. The molecular weight excluding hydrogens is 473 g/mol. The van der Waals surface area contributed by atoms with Crippen LogP contribution in [0.25, 0.3) is 0 Å². The van der Waals surface area contributed by atoms with Crippen molar-refractivity contribution < 1.29 is 23.8 Å². The van der Waals surface area contributed by atoms with Gasteiger partial charge in [0, 0.05) is 18.2 Å². The number of likely N-dealkylation sites (tertiary alicyclic amines) is 1. The molecule has 5 aliphatic rings. The highest BCUT2D eigenvalue weighted by Crippen LogP contribution is 2.47. The fourth-order valence-corrected chi connectivity index (χ4v) is 6.62. The van der Waals surface area contributed by atoms with Crippen LogP contribution >= 0.6 is 11.6 Å². The number of hydrogen-bond acceptors (Lipinski definition) is 5. The number of ether oxygens (including phenoxy) is 1. The van der Waals surface area contributed by atoms with Gasteiger partial charge in [0.2, 0.25) is 5.91 Å². The third-order valence-electron chi connectivity index (χ3n) is 8.82. The molecule has 5 fully saturated rings. The van der Waals surface area contributed by atoms with Crippen LogP contribution in [-0.4, -0.2) is 65.2 Å². The summed E-state index contributed by atoms with van der Waals surface area (Å²) < 4.78 is 19.0. The summed E-state index contributed by atoms with van der Waals surface area (Å²) in [5, 5.41) is 17.3. The number of halogens is 2. The van der Waals surface area contributed by atoms with Crippen molar-refractivity contribution >= 4 is 23.4 Å². The van der Waals surface area contributed by atoms with Crippen LogP contribution in [0.4, 0.5) is 4.39 Å². The lowest BCUT2D eigenvalue weighted by Gasteiger charge is -2.56. The molecule has 35 heavy (non-hydrogen) atoms. The Balaban J connectivity index is 1.13. The second-order valence-electron chi connectivity index (χ2n) is 11.2. The lowest BCUT2D eigenvalue weighted by atomic mass is 9.59. The number of fused-ring (bicyclic) bond motifs is 3. The first-order valence-corrected chi connectivity index (χ1v) is 13.2. The van der Waals surface area contributed by atoms with Crippen LogP contribution in [-0.2, 0) is 9.59 Å². The minimum absolute atomic E-state index is 0.0126. The number of piperidine rings is 1. The number of nitrogens with one attached hydrogen (secondary N) is 2. The largest absolute Gasteiger partial charge is 0.484 e. The molecule has 1 saturated heterocycles. The molecule has 2 bridgehead atoms. The van der Waals surface area contributed by atoms with E-state index in [1.807, 2.05) is 7.05 Å². The van der Waals surface area contributed by atoms with Crippen molar-refractivity contribution in [3.8, 4) is 5.75 Å². The molecule has 3 unspecified atom stereocenters. The molecule has 7 nitrogen and oxygen atoms in total. The molecule has 1 aliphatic heterocycles. The van der Waals surface area contributed by atoms with Gasteiger partial charge in [-0.25, -0.2) is 4.39 Å². The Hall–Kier alpha value is -1.90. The van der Waals surface area contributed by atoms with Crippen LogP contribution in [0.1, 0.15) is 57.8 Å². The Morgan fingerprint density at radius 1 is 1.14 bits per heavy atom. The van der Waals surface area contributed by atoms with Crippen molar-refractivity contribution in [3.05, 3.63) is 29.0 Å². The number of nitrogens with zero attached hydrogens (tertiary/aromatic N) is 1. The maximum atomic E-state index is 13.6. The van der Waals surface area contributed by atoms with E-state index in [4.69, 9.17) is 16.3 Å². The van der Waals surface area contributed by atoms with Crippen LogP contribution < -0.4 is 15.4 Å². The van der Waals surface area contributed by atoms with Gasteiger partial charge < -0.3 is 20.5 Å². The number of aliphatic hydroxyl groups excluding tert-OH is 1. The summed E-state index contributed by atoms with van der Waals surface area (Å²) in [4.78, 5) is 28.0. The van der Waals surface area contributed by atoms with Crippen molar-refractivity contribution in [2.45, 2.75) is 81.0 Å². The maximum absolute atomic E-state index is 13.6. The number of carbonyl (C=O) groups excluding carboxylic acids is 2. The number of amides is 2. The quantitative estimate of drug-likeness (QED) is 0.528. The smallest absolute Gasteiger partial charge is 0.258 e. The van der Waals surface area contributed by atoms with Gasteiger partial charge in [0.15, 0.2) is 6.61 Å². The molecule has 192 valence electrons. The zero-order chi connectivity index (χ0) is 24.8. The molecule has 3 N–H and O–H groups in total. The van der Waals surface area contributed by atoms with E-state index < -0.39 is 23.0 Å². The summed E-state index contributed by atoms with van der Waals surface area (Å²) in [5.74, 6) is 0.875. The fourth-order valence-electron chi connectivity index (χ4n) is 6.50. The van der Waals surface area contributed by atoms with E-state index in [-0.39, 0.29) is 35.2 Å². The highest BCUT2D eigenvalue weighted by atomic mass is 35.5. The summed E-state index contributed by atoms with van der Waals surface area (Å²) in [6.07, 6.45) is 6.92. The Morgan fingerprint density at radius 2 is 1.86 bits per heavy atom. The van der Waals surface area contributed by atoms with Gasteiger partial charge in [-0.2, -0.15) is 0 Å². The fraction of sp³-hybridized carbons (Fsp3) is 0.692. The molecule has 4 aliphatic carbocycles. The molecule has 0 aromatic heterocycles. The lowest BCUT2D eigenvalue weighted by Crippen LogP contribution is -2.71. The third-order valence-corrected chi connectivity index (χ3v) is 9.12. The molecule has 2 amide bonds. The minimum Gasteiger partial charge on any atom is -0.484 e. The summed E-state index contributed by atoms with van der Waals surface area (Å²) in [6, 6.07) is 3.90. The molecule has 1 aromatic rings. The SMILES string of the molecule is CN1CC(C2CC2)CCC1C(=O)NC12CCC(NC(=O)COc3ccc(Cl)c(F)c3)(CC1)C(O)C2. The van der Waals surface area contributed by atoms with E-state index >= 15 is 0 Å². The van der Waals surface area contributed by atoms with Crippen molar-refractivity contribution in [1.82, 2.24) is 15.5 Å². The molecule has 4 saturated carbocycles. The molecule has 0 spiro atoms. The number of benzene rings is 1. The van der Waals surface area contributed by atoms with E-state index in [0.29, 0.717) is 32.1 Å². The normalized spacial score (nSPS) is 34.9.